The first-order valence-corrected chi connectivity index (χ1v) is 4.69. The maximum atomic E-state index is 4.28. The van der Waals surface area contributed by atoms with Crippen molar-refractivity contribution >= 4 is 0 Å². The monoisotopic (exact) mass is 176 g/mol. The van der Waals surface area contributed by atoms with Gasteiger partial charge in [0, 0.05) is 18.6 Å². The second kappa shape index (κ2) is 3.83. The van der Waals surface area contributed by atoms with E-state index in [4.69, 9.17) is 0 Å². The fourth-order valence-electron chi connectivity index (χ4n) is 1.58. The van der Waals surface area contributed by atoms with Gasteiger partial charge in [0.2, 0.25) is 0 Å². The number of hydrogen-bond donors (Lipinski definition) is 1. The molecule has 0 spiro atoms. The predicted molar refractivity (Wildman–Crippen MR) is 50.9 cm³/mol. The van der Waals surface area contributed by atoms with Gasteiger partial charge in [0.25, 0.3) is 0 Å². The van der Waals surface area contributed by atoms with Crippen molar-refractivity contribution in [3.63, 3.8) is 0 Å². The highest BCUT2D eigenvalue weighted by Crippen LogP contribution is 2.22. The largest absolute Gasteiger partial charge is 0.308 e. The third-order valence-electron chi connectivity index (χ3n) is 2.40. The highest BCUT2D eigenvalue weighted by Gasteiger charge is 2.19. The first kappa shape index (κ1) is 8.63. The minimum absolute atomic E-state index is 0.366. The zero-order valence-electron chi connectivity index (χ0n) is 7.77. The van der Waals surface area contributed by atoms with Crippen LogP contribution >= 0.6 is 0 Å². The molecule has 1 aliphatic heterocycles. The molecule has 0 bridgehead atoms. The Bertz CT molecular complexity index is 252. The van der Waals surface area contributed by atoms with Crippen molar-refractivity contribution in [2.45, 2.75) is 19.4 Å². The summed E-state index contributed by atoms with van der Waals surface area (Å²) in [5.41, 5.74) is 1.05. The van der Waals surface area contributed by atoms with Gasteiger partial charge in [-0.25, -0.2) is 0 Å². The van der Waals surface area contributed by atoms with Gasteiger partial charge in [0.1, 0.15) is 0 Å². The van der Waals surface area contributed by atoms with E-state index in [1.807, 2.05) is 6.20 Å². The van der Waals surface area contributed by atoms with E-state index < -0.39 is 0 Å². The number of hydrogen-bond acceptors (Lipinski definition) is 3. The summed E-state index contributed by atoms with van der Waals surface area (Å²) in [4.78, 5) is 8.34. The summed E-state index contributed by atoms with van der Waals surface area (Å²) in [5.74, 6) is 0.674. The molecule has 69 valence electrons. The molecule has 3 heteroatoms. The van der Waals surface area contributed by atoms with Gasteiger partial charge in [0.05, 0.1) is 11.7 Å². The lowest BCUT2D eigenvalue weighted by atomic mass is 9.95. The van der Waals surface area contributed by atoms with E-state index in [2.05, 4.69) is 28.6 Å². The SMILES string of the molecule is CC1[CH]CC(c2cnccn2)NC1. The minimum Gasteiger partial charge on any atom is -0.308 e. The molecule has 0 amide bonds. The quantitative estimate of drug-likeness (QED) is 0.702. The van der Waals surface area contributed by atoms with Crippen molar-refractivity contribution in [2.75, 3.05) is 6.54 Å². The van der Waals surface area contributed by atoms with Crippen LogP contribution in [0, 0.1) is 12.3 Å². The molecule has 3 nitrogen and oxygen atoms in total. The van der Waals surface area contributed by atoms with Crippen molar-refractivity contribution < 1.29 is 0 Å². The summed E-state index contributed by atoms with van der Waals surface area (Å²) < 4.78 is 0. The number of nitrogens with zero attached hydrogens (tertiary/aromatic N) is 2. The normalized spacial score (nSPS) is 28.7. The summed E-state index contributed by atoms with van der Waals surface area (Å²) in [6.45, 7) is 3.27. The lowest BCUT2D eigenvalue weighted by Gasteiger charge is -2.26. The second-order valence-corrected chi connectivity index (χ2v) is 3.54. The Labute approximate surface area is 78.6 Å². The first-order chi connectivity index (χ1) is 6.36. The van der Waals surface area contributed by atoms with Crippen molar-refractivity contribution in [1.82, 2.24) is 15.3 Å². The molecule has 1 N–H and O–H groups in total. The van der Waals surface area contributed by atoms with E-state index in [9.17, 15) is 0 Å². The average Bonchev–Trinajstić information content (AvgIpc) is 2.20. The van der Waals surface area contributed by atoms with Crippen LogP contribution < -0.4 is 5.32 Å². The summed E-state index contributed by atoms with van der Waals surface area (Å²) in [5, 5.41) is 3.45. The Morgan fingerprint density at radius 3 is 3.00 bits per heavy atom. The molecule has 1 aromatic heterocycles. The molecule has 0 aromatic carbocycles. The molecular formula is C10H14N3. The van der Waals surface area contributed by atoms with Gasteiger partial charge in [-0.3, -0.25) is 9.97 Å². The van der Waals surface area contributed by atoms with Gasteiger partial charge in [-0.2, -0.15) is 0 Å². The summed E-state index contributed by atoms with van der Waals surface area (Å²) >= 11 is 0. The number of rotatable bonds is 1. The van der Waals surface area contributed by atoms with Crippen LogP contribution in [0.15, 0.2) is 18.6 Å². The Kier molecular flexibility index (Phi) is 2.54. The van der Waals surface area contributed by atoms with Crippen LogP contribution in [0.2, 0.25) is 0 Å². The Morgan fingerprint density at radius 2 is 2.38 bits per heavy atom. The molecular weight excluding hydrogens is 162 g/mol. The van der Waals surface area contributed by atoms with E-state index in [-0.39, 0.29) is 0 Å². The minimum atomic E-state index is 0.366. The Morgan fingerprint density at radius 1 is 1.46 bits per heavy atom. The fourth-order valence-corrected chi connectivity index (χ4v) is 1.58. The van der Waals surface area contributed by atoms with Crippen LogP contribution in [-0.4, -0.2) is 16.5 Å². The van der Waals surface area contributed by atoms with Gasteiger partial charge in [-0.1, -0.05) is 6.92 Å². The fraction of sp³-hybridized carbons (Fsp3) is 0.500. The zero-order chi connectivity index (χ0) is 9.10. The van der Waals surface area contributed by atoms with Crippen LogP contribution in [0.4, 0.5) is 0 Å². The molecule has 1 radical (unpaired) electrons. The molecule has 0 saturated carbocycles. The predicted octanol–water partition coefficient (Wildman–Crippen LogP) is 1.35. The third-order valence-corrected chi connectivity index (χ3v) is 2.40. The zero-order valence-corrected chi connectivity index (χ0v) is 7.77. The number of aromatic nitrogens is 2. The molecule has 2 unspecified atom stereocenters. The van der Waals surface area contributed by atoms with Gasteiger partial charge >= 0.3 is 0 Å². The molecule has 2 heterocycles. The summed E-state index contributed by atoms with van der Waals surface area (Å²) in [6.07, 6.45) is 8.69. The van der Waals surface area contributed by atoms with Crippen LogP contribution in [0.25, 0.3) is 0 Å². The van der Waals surface area contributed by atoms with Crippen molar-refractivity contribution in [1.29, 1.82) is 0 Å². The van der Waals surface area contributed by atoms with Gasteiger partial charge in [-0.05, 0) is 25.3 Å². The van der Waals surface area contributed by atoms with Gasteiger partial charge in [-0.15, -0.1) is 0 Å². The Balaban J connectivity index is 2.03. The number of piperidine rings is 1. The molecule has 13 heavy (non-hydrogen) atoms. The molecule has 1 saturated heterocycles. The molecule has 1 fully saturated rings. The van der Waals surface area contributed by atoms with Crippen LogP contribution in [-0.2, 0) is 0 Å². The van der Waals surface area contributed by atoms with Crippen molar-refractivity contribution in [2.24, 2.45) is 5.92 Å². The standard InChI is InChI=1S/C10H14N3/c1-8-2-3-9(13-6-8)10-7-11-4-5-12-10/h2,4-5,7-9,13H,3,6H2,1H3. The van der Waals surface area contributed by atoms with Crippen LogP contribution in [0.5, 0.6) is 0 Å². The highest BCUT2D eigenvalue weighted by molar-refractivity contribution is 5.06. The summed E-state index contributed by atoms with van der Waals surface area (Å²) in [6, 6.07) is 0.366. The van der Waals surface area contributed by atoms with Crippen LogP contribution in [0.1, 0.15) is 25.1 Å². The van der Waals surface area contributed by atoms with E-state index in [0.29, 0.717) is 12.0 Å². The van der Waals surface area contributed by atoms with E-state index >= 15 is 0 Å². The molecule has 1 aliphatic rings. The highest BCUT2D eigenvalue weighted by atomic mass is 15.0. The average molecular weight is 176 g/mol. The van der Waals surface area contributed by atoms with Gasteiger partial charge < -0.3 is 5.32 Å². The maximum absolute atomic E-state index is 4.28. The molecule has 0 aliphatic carbocycles. The van der Waals surface area contributed by atoms with Crippen molar-refractivity contribution in [3.8, 4) is 0 Å². The molecule has 2 rings (SSSR count). The van der Waals surface area contributed by atoms with E-state index in [1.165, 1.54) is 0 Å². The van der Waals surface area contributed by atoms with Crippen LogP contribution in [0.3, 0.4) is 0 Å². The maximum Gasteiger partial charge on any atom is 0.0756 e. The molecule has 1 aromatic rings. The first-order valence-electron chi connectivity index (χ1n) is 4.69. The lowest BCUT2D eigenvalue weighted by Crippen LogP contribution is -2.32. The van der Waals surface area contributed by atoms with Crippen molar-refractivity contribution in [3.05, 3.63) is 30.7 Å². The molecule has 2 atom stereocenters. The summed E-state index contributed by atoms with van der Waals surface area (Å²) in [7, 11) is 0. The lowest BCUT2D eigenvalue weighted by molar-refractivity contribution is 0.399. The van der Waals surface area contributed by atoms with Gasteiger partial charge in [0.15, 0.2) is 0 Å². The third kappa shape index (κ3) is 2.04. The smallest absolute Gasteiger partial charge is 0.0756 e. The topological polar surface area (TPSA) is 37.8 Å². The van der Waals surface area contributed by atoms with E-state index in [1.54, 1.807) is 12.4 Å². The number of nitrogens with one attached hydrogen (secondary N) is 1. The van der Waals surface area contributed by atoms with E-state index in [0.717, 1.165) is 18.7 Å². The second-order valence-electron chi connectivity index (χ2n) is 3.54. The Hall–Kier alpha value is -0.960.